The average Bonchev–Trinajstić information content (AvgIpc) is 2.87. The van der Waals surface area contributed by atoms with Crippen LogP contribution in [0.3, 0.4) is 0 Å². The first-order chi connectivity index (χ1) is 8.24. The molecule has 0 aliphatic carbocycles. The summed E-state index contributed by atoms with van der Waals surface area (Å²) in [4.78, 5) is 15.5. The van der Waals surface area contributed by atoms with Crippen LogP contribution in [0, 0.1) is 0 Å². The number of benzene rings is 1. The van der Waals surface area contributed by atoms with E-state index in [-0.39, 0.29) is 5.91 Å². The van der Waals surface area contributed by atoms with Gasteiger partial charge in [0.1, 0.15) is 10.7 Å². The van der Waals surface area contributed by atoms with Crippen LogP contribution in [0.5, 0.6) is 0 Å². The quantitative estimate of drug-likeness (QED) is 0.495. The number of nitrogen functional groups attached to an aromatic ring is 1. The Hall–Kier alpha value is -1.72. The summed E-state index contributed by atoms with van der Waals surface area (Å²) < 4.78 is 0. The second-order valence-electron chi connectivity index (χ2n) is 3.56. The van der Waals surface area contributed by atoms with Gasteiger partial charge in [0.25, 0.3) is 5.91 Å². The van der Waals surface area contributed by atoms with Crippen molar-refractivity contribution >= 4 is 17.2 Å². The molecular weight excluding hydrogens is 234 g/mol. The van der Waals surface area contributed by atoms with E-state index in [4.69, 9.17) is 5.84 Å². The van der Waals surface area contributed by atoms with Crippen LogP contribution in [-0.4, -0.2) is 10.9 Å². The lowest BCUT2D eigenvalue weighted by molar-refractivity contribution is 0.0949. The van der Waals surface area contributed by atoms with E-state index < -0.39 is 0 Å². The summed E-state index contributed by atoms with van der Waals surface area (Å²) >= 11 is 1.43. The number of nitrogens with two attached hydrogens (primary N) is 1. The topological polar surface area (TPSA) is 68.0 Å². The van der Waals surface area contributed by atoms with Crippen LogP contribution < -0.4 is 11.3 Å². The third-order valence-electron chi connectivity index (χ3n) is 2.48. The Morgan fingerprint density at radius 3 is 2.71 bits per heavy atom. The van der Waals surface area contributed by atoms with Gasteiger partial charge in [-0.15, -0.1) is 11.3 Å². The number of hydrazine groups is 1. The maximum Gasteiger partial charge on any atom is 0.284 e. The van der Waals surface area contributed by atoms with Crippen LogP contribution in [0.1, 0.15) is 23.0 Å². The lowest BCUT2D eigenvalue weighted by atomic mass is 10.1. The number of carbonyl (C=O) groups is 1. The summed E-state index contributed by atoms with van der Waals surface area (Å²) in [5.74, 6) is 4.69. The first-order valence-corrected chi connectivity index (χ1v) is 6.18. The van der Waals surface area contributed by atoms with Crippen LogP contribution in [0.4, 0.5) is 0 Å². The highest BCUT2D eigenvalue weighted by Crippen LogP contribution is 2.24. The number of rotatable bonds is 3. The molecule has 17 heavy (non-hydrogen) atoms. The van der Waals surface area contributed by atoms with Crippen molar-refractivity contribution in [1.82, 2.24) is 10.4 Å². The first kappa shape index (κ1) is 11.8. The summed E-state index contributed by atoms with van der Waals surface area (Å²) in [6.07, 6.45) is 1.01. The summed E-state index contributed by atoms with van der Waals surface area (Å²) in [7, 11) is 0. The molecule has 1 aromatic carbocycles. The molecule has 4 nitrogen and oxygen atoms in total. The lowest BCUT2D eigenvalue weighted by Gasteiger charge is -1.98. The molecule has 1 heterocycles. The molecule has 0 unspecified atom stereocenters. The molecule has 0 atom stereocenters. The molecular formula is C12H13N3OS. The molecule has 0 aliphatic rings. The number of nitrogens with zero attached hydrogens (tertiary/aromatic N) is 1. The zero-order valence-corrected chi connectivity index (χ0v) is 10.3. The van der Waals surface area contributed by atoms with E-state index in [2.05, 4.69) is 29.5 Å². The van der Waals surface area contributed by atoms with Crippen molar-refractivity contribution in [3.8, 4) is 10.6 Å². The summed E-state index contributed by atoms with van der Waals surface area (Å²) in [6, 6.07) is 8.17. The van der Waals surface area contributed by atoms with Gasteiger partial charge in [-0.2, -0.15) is 0 Å². The number of aryl methyl sites for hydroxylation is 1. The summed E-state index contributed by atoms with van der Waals surface area (Å²) in [5, 5.41) is 2.52. The Bertz CT molecular complexity index is 519. The van der Waals surface area contributed by atoms with Gasteiger partial charge >= 0.3 is 0 Å². The fourth-order valence-electron chi connectivity index (χ4n) is 1.47. The van der Waals surface area contributed by atoms with Crippen molar-refractivity contribution in [2.75, 3.05) is 0 Å². The normalized spacial score (nSPS) is 10.2. The fraction of sp³-hybridized carbons (Fsp3) is 0.167. The summed E-state index contributed by atoms with van der Waals surface area (Å²) in [6.45, 7) is 2.11. The highest BCUT2D eigenvalue weighted by molar-refractivity contribution is 7.13. The minimum Gasteiger partial charge on any atom is -0.289 e. The smallest absolute Gasteiger partial charge is 0.284 e. The van der Waals surface area contributed by atoms with Gasteiger partial charge in [-0.3, -0.25) is 10.2 Å². The molecule has 2 aromatic rings. The van der Waals surface area contributed by atoms with Crippen molar-refractivity contribution in [1.29, 1.82) is 0 Å². The standard InChI is InChI=1S/C12H13N3OS/c1-2-8-3-5-9(6-4-8)12-14-10(7-17-12)11(16)15-13/h3-7H,2,13H2,1H3,(H,15,16). The molecule has 2 rings (SSSR count). The molecule has 0 bridgehead atoms. The number of aromatic nitrogens is 1. The summed E-state index contributed by atoms with van der Waals surface area (Å²) in [5.41, 5.74) is 4.72. The molecule has 0 saturated heterocycles. The van der Waals surface area contributed by atoms with Crippen LogP contribution >= 0.6 is 11.3 Å². The monoisotopic (exact) mass is 247 g/mol. The average molecular weight is 247 g/mol. The molecule has 88 valence electrons. The third kappa shape index (κ3) is 2.51. The minimum absolute atomic E-state index is 0.354. The van der Waals surface area contributed by atoms with E-state index in [1.807, 2.05) is 12.1 Å². The second-order valence-corrected chi connectivity index (χ2v) is 4.42. The molecule has 1 amide bonds. The maximum atomic E-state index is 11.3. The highest BCUT2D eigenvalue weighted by atomic mass is 32.1. The number of carbonyl (C=O) groups excluding carboxylic acids is 1. The molecule has 0 saturated carbocycles. The molecule has 0 radical (unpaired) electrons. The molecule has 0 spiro atoms. The predicted octanol–water partition coefficient (Wildman–Crippen LogP) is 1.98. The van der Waals surface area contributed by atoms with Gasteiger partial charge in [-0.05, 0) is 12.0 Å². The van der Waals surface area contributed by atoms with Gasteiger partial charge in [-0.25, -0.2) is 10.8 Å². The van der Waals surface area contributed by atoms with E-state index in [9.17, 15) is 4.79 Å². The molecule has 1 aromatic heterocycles. The number of hydrogen-bond acceptors (Lipinski definition) is 4. The maximum absolute atomic E-state index is 11.3. The number of amides is 1. The Morgan fingerprint density at radius 2 is 2.12 bits per heavy atom. The molecule has 0 fully saturated rings. The zero-order valence-electron chi connectivity index (χ0n) is 9.43. The zero-order chi connectivity index (χ0) is 12.3. The molecule has 5 heteroatoms. The van der Waals surface area contributed by atoms with E-state index in [0.29, 0.717) is 5.69 Å². The van der Waals surface area contributed by atoms with Gasteiger partial charge in [-0.1, -0.05) is 31.2 Å². The SMILES string of the molecule is CCc1ccc(-c2nc(C(=O)NN)cs2)cc1. The lowest BCUT2D eigenvalue weighted by Crippen LogP contribution is -2.30. The second kappa shape index (κ2) is 5.07. The van der Waals surface area contributed by atoms with Crippen molar-refractivity contribution in [2.24, 2.45) is 5.84 Å². The van der Waals surface area contributed by atoms with Gasteiger partial charge in [0.05, 0.1) is 0 Å². The highest BCUT2D eigenvalue weighted by Gasteiger charge is 2.10. The van der Waals surface area contributed by atoms with Crippen molar-refractivity contribution in [2.45, 2.75) is 13.3 Å². The minimum atomic E-state index is -0.363. The van der Waals surface area contributed by atoms with Gasteiger partial charge in [0, 0.05) is 10.9 Å². The van der Waals surface area contributed by atoms with Gasteiger partial charge < -0.3 is 0 Å². The molecule has 0 aliphatic heterocycles. The Labute approximate surface area is 103 Å². The van der Waals surface area contributed by atoms with Crippen molar-refractivity contribution in [3.05, 3.63) is 40.9 Å². The third-order valence-corrected chi connectivity index (χ3v) is 3.37. The van der Waals surface area contributed by atoms with Crippen LogP contribution in [0.25, 0.3) is 10.6 Å². The van der Waals surface area contributed by atoms with E-state index >= 15 is 0 Å². The van der Waals surface area contributed by atoms with Gasteiger partial charge in [0.15, 0.2) is 0 Å². The fourth-order valence-corrected chi connectivity index (χ4v) is 2.27. The number of nitrogens with one attached hydrogen (secondary N) is 1. The first-order valence-electron chi connectivity index (χ1n) is 5.30. The number of hydrogen-bond donors (Lipinski definition) is 2. The van der Waals surface area contributed by atoms with E-state index in [0.717, 1.165) is 17.0 Å². The van der Waals surface area contributed by atoms with Crippen molar-refractivity contribution < 1.29 is 4.79 Å². The Balaban J connectivity index is 2.27. The largest absolute Gasteiger partial charge is 0.289 e. The van der Waals surface area contributed by atoms with Crippen LogP contribution in [-0.2, 0) is 6.42 Å². The Morgan fingerprint density at radius 1 is 1.41 bits per heavy atom. The van der Waals surface area contributed by atoms with Crippen LogP contribution in [0.15, 0.2) is 29.6 Å². The predicted molar refractivity (Wildman–Crippen MR) is 68.6 cm³/mol. The van der Waals surface area contributed by atoms with Crippen molar-refractivity contribution in [3.63, 3.8) is 0 Å². The van der Waals surface area contributed by atoms with E-state index in [1.54, 1.807) is 5.38 Å². The van der Waals surface area contributed by atoms with E-state index in [1.165, 1.54) is 16.9 Å². The van der Waals surface area contributed by atoms with Gasteiger partial charge in [0.2, 0.25) is 0 Å². The Kier molecular flexibility index (Phi) is 3.51. The van der Waals surface area contributed by atoms with Crippen LogP contribution in [0.2, 0.25) is 0 Å². The molecule has 3 N–H and O–H groups in total. The number of thiazole rings is 1.